The van der Waals surface area contributed by atoms with E-state index in [0.717, 1.165) is 29.8 Å². The summed E-state index contributed by atoms with van der Waals surface area (Å²) in [5.74, 6) is 0.432. The van der Waals surface area contributed by atoms with Crippen molar-refractivity contribution < 1.29 is 13.5 Å². The van der Waals surface area contributed by atoms with Crippen molar-refractivity contribution in [2.75, 3.05) is 6.61 Å². The van der Waals surface area contributed by atoms with Crippen LogP contribution in [0, 0.1) is 13.8 Å². The first-order valence-corrected chi connectivity index (χ1v) is 11.9. The first-order valence-electron chi connectivity index (χ1n) is 11.9. The van der Waals surface area contributed by atoms with E-state index in [1.165, 1.54) is 12.8 Å². The number of aromatic nitrogens is 6. The Hall–Kier alpha value is -2.55. The van der Waals surface area contributed by atoms with E-state index >= 15 is 0 Å². The molecule has 0 spiro atoms. The minimum absolute atomic E-state index is 0.0678. The average molecular weight is 455 g/mol. The summed E-state index contributed by atoms with van der Waals surface area (Å²) in [5, 5.41) is 4.51. The van der Waals surface area contributed by atoms with Crippen LogP contribution in [0.5, 0.6) is 0 Å². The highest BCUT2D eigenvalue weighted by atomic mass is 19.2. The van der Waals surface area contributed by atoms with Gasteiger partial charge in [0.2, 0.25) is 0 Å². The van der Waals surface area contributed by atoms with Crippen LogP contribution in [-0.2, 0) is 4.74 Å². The Morgan fingerprint density at radius 3 is 2.42 bits per heavy atom. The molecule has 2 saturated carbocycles. The number of hydrogen-bond acceptors (Lipinski definition) is 6. The van der Waals surface area contributed by atoms with Crippen LogP contribution in [0.15, 0.2) is 12.4 Å². The van der Waals surface area contributed by atoms with E-state index in [1.54, 1.807) is 0 Å². The van der Waals surface area contributed by atoms with E-state index in [4.69, 9.17) is 14.7 Å². The third-order valence-corrected chi connectivity index (χ3v) is 7.35. The number of rotatable bonds is 4. The number of ether oxygens (including phenoxy) is 1. The predicted octanol–water partition coefficient (Wildman–Crippen LogP) is 4.76. The largest absolute Gasteiger partial charge is 0.373 e. The maximum Gasteiger partial charge on any atom is 0.182 e. The molecule has 7 nitrogen and oxygen atoms in total. The predicted molar refractivity (Wildman–Crippen MR) is 118 cm³/mol. The summed E-state index contributed by atoms with van der Waals surface area (Å²) in [6.45, 7) is 4.38. The number of alkyl halides is 2. The first kappa shape index (κ1) is 21.0. The molecule has 3 aromatic heterocycles. The monoisotopic (exact) mass is 454 g/mol. The molecule has 3 aliphatic rings. The summed E-state index contributed by atoms with van der Waals surface area (Å²) in [4.78, 5) is 19.0. The van der Waals surface area contributed by atoms with Gasteiger partial charge in [0.25, 0.3) is 0 Å². The van der Waals surface area contributed by atoms with Crippen LogP contribution < -0.4 is 0 Å². The molecule has 6 rings (SSSR count). The maximum atomic E-state index is 14.1. The highest BCUT2D eigenvalue weighted by molar-refractivity contribution is 5.73. The minimum Gasteiger partial charge on any atom is -0.373 e. The van der Waals surface area contributed by atoms with Gasteiger partial charge in [-0.3, -0.25) is 4.68 Å². The first-order chi connectivity index (χ1) is 16.0. The van der Waals surface area contributed by atoms with Gasteiger partial charge in [-0.05, 0) is 52.4 Å². The normalized spacial score (nSPS) is 30.2. The van der Waals surface area contributed by atoms with Gasteiger partial charge < -0.3 is 4.74 Å². The van der Waals surface area contributed by atoms with Crippen molar-refractivity contribution in [3.8, 4) is 0 Å². The van der Waals surface area contributed by atoms with Crippen LogP contribution in [-0.4, -0.2) is 48.7 Å². The molecule has 1 unspecified atom stereocenters. The van der Waals surface area contributed by atoms with Crippen LogP contribution in [0.2, 0.25) is 0 Å². The van der Waals surface area contributed by atoms with Gasteiger partial charge in [-0.15, -0.1) is 0 Å². The van der Waals surface area contributed by atoms with Gasteiger partial charge in [0.1, 0.15) is 23.7 Å². The van der Waals surface area contributed by atoms with Gasteiger partial charge in [0.05, 0.1) is 35.4 Å². The van der Waals surface area contributed by atoms with E-state index in [9.17, 15) is 8.78 Å². The summed E-state index contributed by atoms with van der Waals surface area (Å²) in [6.07, 6.45) is 5.15. The van der Waals surface area contributed by atoms with Gasteiger partial charge in [-0.25, -0.2) is 28.7 Å². The molecule has 4 heterocycles. The van der Waals surface area contributed by atoms with E-state index in [0.29, 0.717) is 35.3 Å². The molecule has 3 aromatic rings. The van der Waals surface area contributed by atoms with Crippen LogP contribution in [0.4, 0.5) is 8.78 Å². The summed E-state index contributed by atoms with van der Waals surface area (Å²) < 4.78 is 36.3. The van der Waals surface area contributed by atoms with Crippen LogP contribution in [0.1, 0.15) is 91.0 Å². The second-order valence-corrected chi connectivity index (χ2v) is 9.80. The molecule has 0 bridgehead atoms. The average Bonchev–Trinajstić information content (AvgIpc) is 3.44. The van der Waals surface area contributed by atoms with Crippen LogP contribution in [0.3, 0.4) is 0 Å². The maximum absolute atomic E-state index is 14.1. The molecule has 9 heteroatoms. The zero-order valence-electron chi connectivity index (χ0n) is 18.9. The number of aryl methyl sites for hydroxylation is 2. The molecule has 174 valence electrons. The molecule has 0 N–H and O–H groups in total. The molecule has 1 saturated heterocycles. The fourth-order valence-corrected chi connectivity index (χ4v) is 5.10. The zero-order chi connectivity index (χ0) is 22.7. The lowest BCUT2D eigenvalue weighted by molar-refractivity contribution is 0.00391. The van der Waals surface area contributed by atoms with Crippen LogP contribution in [0.25, 0.3) is 11.2 Å². The number of nitrogens with zero attached hydrogens (tertiary/aromatic N) is 6. The van der Waals surface area contributed by atoms with Crippen molar-refractivity contribution in [2.24, 2.45) is 0 Å². The highest BCUT2D eigenvalue weighted by Crippen LogP contribution is 2.42. The third-order valence-electron chi connectivity index (χ3n) is 7.35. The SMILES string of the molecule is Cc1nc2nc([C@@H]3CCO[C@H](c4cnn(C5CC5)c4)C3)nc(C3C[C@@H](F)[C@@H](F)C3)c2nc1C. The van der Waals surface area contributed by atoms with E-state index in [-0.39, 0.29) is 30.8 Å². The fraction of sp³-hybridized carbons (Fsp3) is 0.625. The number of halogens is 2. The van der Waals surface area contributed by atoms with Crippen molar-refractivity contribution >= 4 is 11.2 Å². The van der Waals surface area contributed by atoms with Gasteiger partial charge in [-0.2, -0.15) is 5.10 Å². The standard InChI is InChI=1S/C24H28F2N6O/c1-12-13(2)29-24-22(28-12)21(15-7-18(25)19(26)8-15)30-23(31-24)14-5-6-33-20(9-14)16-10-27-32(11-16)17-3-4-17/h10-11,14-15,17-20H,3-9H2,1-2H3/t14-,15?,18-,19+,20+/m1/s1. The summed E-state index contributed by atoms with van der Waals surface area (Å²) >= 11 is 0. The van der Waals surface area contributed by atoms with Crippen LogP contribution >= 0.6 is 0 Å². The second-order valence-electron chi connectivity index (χ2n) is 9.80. The highest BCUT2D eigenvalue weighted by Gasteiger charge is 2.38. The Kier molecular flexibility index (Phi) is 5.12. The molecule has 3 fully saturated rings. The Morgan fingerprint density at radius 1 is 0.909 bits per heavy atom. The van der Waals surface area contributed by atoms with E-state index < -0.39 is 12.3 Å². The molecule has 1 aliphatic heterocycles. The van der Waals surface area contributed by atoms with Crippen molar-refractivity contribution in [3.05, 3.63) is 40.9 Å². The van der Waals surface area contributed by atoms with Gasteiger partial charge in [0, 0.05) is 30.2 Å². The van der Waals surface area contributed by atoms with E-state index in [1.807, 2.05) is 24.7 Å². The lowest BCUT2D eigenvalue weighted by atomic mass is 9.91. The molecule has 0 amide bonds. The number of hydrogen-bond donors (Lipinski definition) is 0. The van der Waals surface area contributed by atoms with Crippen molar-refractivity contribution in [2.45, 2.75) is 88.7 Å². The topological polar surface area (TPSA) is 78.6 Å². The van der Waals surface area contributed by atoms with Gasteiger partial charge >= 0.3 is 0 Å². The Labute approximate surface area is 191 Å². The van der Waals surface area contributed by atoms with Crippen molar-refractivity contribution in [3.63, 3.8) is 0 Å². The molecule has 5 atom stereocenters. The lowest BCUT2D eigenvalue weighted by Crippen LogP contribution is -2.21. The quantitative estimate of drug-likeness (QED) is 0.566. The summed E-state index contributed by atoms with van der Waals surface area (Å²) in [6, 6.07) is 0.528. The molecule has 0 radical (unpaired) electrons. The Balaban J connectivity index is 1.35. The van der Waals surface area contributed by atoms with Crippen molar-refractivity contribution in [1.29, 1.82) is 0 Å². The third kappa shape index (κ3) is 3.90. The number of fused-ring (bicyclic) bond motifs is 1. The van der Waals surface area contributed by atoms with Gasteiger partial charge in [0.15, 0.2) is 5.65 Å². The van der Waals surface area contributed by atoms with E-state index in [2.05, 4.69) is 21.3 Å². The minimum atomic E-state index is -1.46. The Bertz CT molecular complexity index is 1190. The summed E-state index contributed by atoms with van der Waals surface area (Å²) in [5.41, 5.74) is 4.38. The second kappa shape index (κ2) is 8.04. The molecular formula is C24H28F2N6O. The molecule has 0 aromatic carbocycles. The fourth-order valence-electron chi connectivity index (χ4n) is 5.10. The molecule has 33 heavy (non-hydrogen) atoms. The summed E-state index contributed by atoms with van der Waals surface area (Å²) in [7, 11) is 0. The smallest absolute Gasteiger partial charge is 0.182 e. The zero-order valence-corrected chi connectivity index (χ0v) is 18.9. The molecular weight excluding hydrogens is 426 g/mol. The van der Waals surface area contributed by atoms with Crippen molar-refractivity contribution in [1.82, 2.24) is 29.7 Å². The Morgan fingerprint density at radius 2 is 1.67 bits per heavy atom. The molecule has 2 aliphatic carbocycles. The lowest BCUT2D eigenvalue weighted by Gasteiger charge is -2.28. The van der Waals surface area contributed by atoms with Gasteiger partial charge in [-0.1, -0.05) is 0 Å².